The molecule has 138 valence electrons. The minimum atomic E-state index is -4.67. The van der Waals surface area contributed by atoms with Crippen molar-refractivity contribution in [3.63, 3.8) is 0 Å². The van der Waals surface area contributed by atoms with E-state index in [1.807, 2.05) is 0 Å². The second kappa shape index (κ2) is 11.7. The molecule has 0 aliphatic heterocycles. The third-order valence-electron chi connectivity index (χ3n) is 5.15. The molecule has 5 nitrogen and oxygen atoms in total. The molecule has 0 bridgehead atoms. The summed E-state index contributed by atoms with van der Waals surface area (Å²) in [6.45, 7) is 2.26. The first-order valence-corrected chi connectivity index (χ1v) is 10.9. The highest BCUT2D eigenvalue weighted by molar-refractivity contribution is 7.80. The maximum atomic E-state index is 8.74. The molecule has 3 unspecified atom stereocenters. The lowest BCUT2D eigenvalue weighted by Gasteiger charge is -2.39. The monoisotopic (exact) mass is 367 g/mol. The number of hydrogen-bond donors (Lipinski definition) is 4. The van der Waals surface area contributed by atoms with Crippen molar-refractivity contribution < 1.29 is 17.5 Å². The number of unbranched alkanes of at least 4 members (excludes halogenated alkanes) is 1. The lowest BCUT2D eigenvalue weighted by Crippen LogP contribution is -2.27. The number of rotatable bonds is 7. The molecular formula is C16H33NO4S2. The Morgan fingerprint density at radius 3 is 2.26 bits per heavy atom. The maximum absolute atomic E-state index is 8.74. The molecule has 0 aromatic rings. The van der Waals surface area contributed by atoms with Gasteiger partial charge in [-0.25, -0.2) is 0 Å². The van der Waals surface area contributed by atoms with E-state index in [1.165, 1.54) is 45.1 Å². The molecule has 0 spiro atoms. The molecule has 3 N–H and O–H groups in total. The Kier molecular flexibility index (Phi) is 10.8. The summed E-state index contributed by atoms with van der Waals surface area (Å²) in [5, 5.41) is 3.44. The first kappa shape index (κ1) is 21.2. The smallest absolute Gasteiger partial charge is 0.316 e. The van der Waals surface area contributed by atoms with E-state index >= 15 is 0 Å². The Balaban J connectivity index is 0.000000463. The van der Waals surface area contributed by atoms with Gasteiger partial charge in [0.25, 0.3) is 0 Å². The van der Waals surface area contributed by atoms with Crippen LogP contribution in [0.2, 0.25) is 0 Å². The van der Waals surface area contributed by atoms with Gasteiger partial charge >= 0.3 is 10.4 Å². The quantitative estimate of drug-likeness (QED) is 0.314. The topological polar surface area (TPSA) is 86.6 Å². The summed E-state index contributed by atoms with van der Waals surface area (Å²) in [6.07, 6.45) is 15.1. The molecule has 2 aliphatic carbocycles. The van der Waals surface area contributed by atoms with Crippen LogP contribution in [0.4, 0.5) is 0 Å². The van der Waals surface area contributed by atoms with Crippen LogP contribution in [0.3, 0.4) is 0 Å². The van der Waals surface area contributed by atoms with E-state index in [-0.39, 0.29) is 0 Å². The van der Waals surface area contributed by atoms with Crippen molar-refractivity contribution >= 4 is 23.0 Å². The Labute approximate surface area is 147 Å². The summed E-state index contributed by atoms with van der Waals surface area (Å²) in [6, 6.07) is 0. The Hall–Kier alpha value is 0.180. The fraction of sp³-hybridized carbons (Fsp3) is 1.00. The van der Waals surface area contributed by atoms with Crippen LogP contribution < -0.4 is 5.32 Å². The summed E-state index contributed by atoms with van der Waals surface area (Å²) in [4.78, 5) is 0. The molecule has 0 heterocycles. The third-order valence-corrected chi connectivity index (χ3v) is 5.38. The van der Waals surface area contributed by atoms with E-state index in [4.69, 9.17) is 17.5 Å². The van der Waals surface area contributed by atoms with Crippen LogP contribution >= 0.6 is 12.6 Å². The summed E-state index contributed by atoms with van der Waals surface area (Å²) in [7, 11) is -4.67. The van der Waals surface area contributed by atoms with Gasteiger partial charge in [0, 0.05) is 12.3 Å². The molecule has 2 fully saturated rings. The number of nitrogens with one attached hydrogen (secondary N) is 1. The number of thiol groups is 1. The van der Waals surface area contributed by atoms with Crippen LogP contribution in [-0.2, 0) is 10.4 Å². The van der Waals surface area contributed by atoms with Crippen LogP contribution in [0, 0.1) is 17.8 Å². The van der Waals surface area contributed by atoms with Gasteiger partial charge < -0.3 is 5.32 Å². The lowest BCUT2D eigenvalue weighted by atomic mass is 9.67. The van der Waals surface area contributed by atoms with Gasteiger partial charge in [-0.2, -0.15) is 21.0 Å². The van der Waals surface area contributed by atoms with Gasteiger partial charge in [0.1, 0.15) is 0 Å². The summed E-state index contributed by atoms with van der Waals surface area (Å²) >= 11 is 4.21. The minimum Gasteiger partial charge on any atom is -0.316 e. The van der Waals surface area contributed by atoms with E-state index in [2.05, 4.69) is 17.9 Å². The Bertz CT molecular complexity index is 395. The molecule has 0 radical (unpaired) electrons. The molecule has 2 saturated carbocycles. The van der Waals surface area contributed by atoms with Gasteiger partial charge in [-0.15, -0.1) is 0 Å². The Morgan fingerprint density at radius 2 is 1.61 bits per heavy atom. The largest absolute Gasteiger partial charge is 0.394 e. The van der Waals surface area contributed by atoms with Crippen molar-refractivity contribution in [2.75, 3.05) is 18.8 Å². The predicted octanol–water partition coefficient (Wildman–Crippen LogP) is 3.63. The molecule has 2 aliphatic rings. The van der Waals surface area contributed by atoms with Gasteiger partial charge in [0.15, 0.2) is 0 Å². The average molecular weight is 368 g/mol. The van der Waals surface area contributed by atoms with Gasteiger partial charge in [0.2, 0.25) is 0 Å². The second-order valence-electron chi connectivity index (χ2n) is 6.90. The van der Waals surface area contributed by atoms with E-state index in [0.717, 1.165) is 30.1 Å². The van der Waals surface area contributed by atoms with Crippen LogP contribution in [0.15, 0.2) is 0 Å². The number of hydrogen-bond acceptors (Lipinski definition) is 4. The first-order chi connectivity index (χ1) is 10.9. The van der Waals surface area contributed by atoms with Crippen molar-refractivity contribution in [2.45, 2.75) is 64.2 Å². The van der Waals surface area contributed by atoms with Gasteiger partial charge in [-0.05, 0) is 43.6 Å². The SMILES string of the molecule is O=S(=O)(O)O.SCCNCCCCC1CCC2CCCCC2C1. The molecule has 2 rings (SSSR count). The van der Waals surface area contributed by atoms with Gasteiger partial charge in [-0.1, -0.05) is 44.9 Å². The van der Waals surface area contributed by atoms with Crippen LogP contribution in [-0.4, -0.2) is 36.4 Å². The van der Waals surface area contributed by atoms with E-state index in [0.29, 0.717) is 0 Å². The second-order valence-corrected chi connectivity index (χ2v) is 8.24. The van der Waals surface area contributed by atoms with Crippen molar-refractivity contribution in [1.82, 2.24) is 5.32 Å². The summed E-state index contributed by atoms with van der Waals surface area (Å²) < 4.78 is 31.6. The minimum absolute atomic E-state index is 0.964. The third kappa shape index (κ3) is 11.4. The first-order valence-electron chi connectivity index (χ1n) is 8.91. The average Bonchev–Trinajstić information content (AvgIpc) is 2.49. The molecule has 7 heteroatoms. The maximum Gasteiger partial charge on any atom is 0.394 e. The molecule has 0 saturated heterocycles. The van der Waals surface area contributed by atoms with Crippen molar-refractivity contribution in [3.05, 3.63) is 0 Å². The van der Waals surface area contributed by atoms with Crippen LogP contribution in [0.25, 0.3) is 0 Å². The lowest BCUT2D eigenvalue weighted by molar-refractivity contribution is 0.124. The normalized spacial score (nSPS) is 27.7. The fourth-order valence-corrected chi connectivity index (χ4v) is 4.28. The molecule has 0 amide bonds. The summed E-state index contributed by atoms with van der Waals surface area (Å²) in [5.41, 5.74) is 0. The molecular weight excluding hydrogens is 334 g/mol. The highest BCUT2D eigenvalue weighted by atomic mass is 32.3. The van der Waals surface area contributed by atoms with Gasteiger partial charge in [0.05, 0.1) is 0 Å². The summed E-state index contributed by atoms with van der Waals surface area (Å²) in [5.74, 6) is 4.26. The highest BCUT2D eigenvalue weighted by Gasteiger charge is 2.31. The Morgan fingerprint density at radius 1 is 0.957 bits per heavy atom. The van der Waals surface area contributed by atoms with Crippen molar-refractivity contribution in [1.29, 1.82) is 0 Å². The molecule has 0 aromatic carbocycles. The molecule has 3 atom stereocenters. The highest BCUT2D eigenvalue weighted by Crippen LogP contribution is 2.43. The molecule has 0 aromatic heterocycles. The molecule has 23 heavy (non-hydrogen) atoms. The zero-order valence-electron chi connectivity index (χ0n) is 14.0. The van der Waals surface area contributed by atoms with E-state index in [1.54, 1.807) is 25.7 Å². The predicted molar refractivity (Wildman–Crippen MR) is 97.5 cm³/mol. The zero-order valence-corrected chi connectivity index (χ0v) is 15.7. The van der Waals surface area contributed by atoms with Crippen LogP contribution in [0.1, 0.15) is 64.2 Å². The van der Waals surface area contributed by atoms with Crippen LogP contribution in [0.5, 0.6) is 0 Å². The number of fused-ring (bicyclic) bond motifs is 1. The fourth-order valence-electron chi connectivity index (χ4n) is 4.12. The van der Waals surface area contributed by atoms with E-state index in [9.17, 15) is 0 Å². The van der Waals surface area contributed by atoms with Crippen molar-refractivity contribution in [3.8, 4) is 0 Å². The standard InChI is InChI=1S/C16H31NS.H2O4S/c18-12-11-17-10-4-3-5-14-8-9-15-6-1-2-7-16(15)13-14;1-5(2,3)4/h14-18H,1-13H2;(H2,1,2,3,4). The van der Waals surface area contributed by atoms with Gasteiger partial charge in [-0.3, -0.25) is 9.11 Å². The van der Waals surface area contributed by atoms with Crippen molar-refractivity contribution in [2.24, 2.45) is 17.8 Å². The zero-order chi connectivity index (χ0) is 17.1. The van der Waals surface area contributed by atoms with E-state index < -0.39 is 10.4 Å².